The van der Waals surface area contributed by atoms with Gasteiger partial charge in [0.2, 0.25) is 0 Å². The number of nitrogens with two attached hydrogens (primary N) is 1. The molecule has 0 bridgehead atoms. The van der Waals surface area contributed by atoms with E-state index in [9.17, 15) is 8.42 Å². The molecule has 0 spiro atoms. The number of sulfonamides is 1. The first-order valence-corrected chi connectivity index (χ1v) is 8.07. The van der Waals surface area contributed by atoms with Gasteiger partial charge in [0.05, 0.1) is 17.1 Å². The third-order valence-corrected chi connectivity index (χ3v) is 4.92. The third kappa shape index (κ3) is 2.91. The highest BCUT2D eigenvalue weighted by molar-refractivity contribution is 7.92. The molecule has 0 saturated heterocycles. The maximum absolute atomic E-state index is 12.5. The standard InChI is InChI=1S/C13H16N4O2S2/c1-7-5-4-6-10(11(7)13(14)20)17-21(18,19)12-8(2)15-16-9(12)3/h4-6,17H,1-3H3,(H2,14,20)(H,15,16). The van der Waals surface area contributed by atoms with E-state index in [-0.39, 0.29) is 9.88 Å². The number of rotatable bonds is 4. The molecule has 112 valence electrons. The summed E-state index contributed by atoms with van der Waals surface area (Å²) in [5.41, 5.74) is 8.27. The van der Waals surface area contributed by atoms with Crippen LogP contribution in [0.25, 0.3) is 0 Å². The van der Waals surface area contributed by atoms with Gasteiger partial charge in [-0.2, -0.15) is 5.10 Å². The smallest absolute Gasteiger partial charge is 0.265 e. The molecule has 0 aliphatic rings. The third-order valence-electron chi connectivity index (χ3n) is 3.09. The number of nitrogens with one attached hydrogen (secondary N) is 2. The predicted octanol–water partition coefficient (Wildman–Crippen LogP) is 1.77. The molecule has 2 rings (SSSR count). The van der Waals surface area contributed by atoms with Crippen LogP contribution in [0.3, 0.4) is 0 Å². The highest BCUT2D eigenvalue weighted by Crippen LogP contribution is 2.25. The average molecular weight is 324 g/mol. The van der Waals surface area contributed by atoms with E-state index in [4.69, 9.17) is 18.0 Å². The molecule has 0 aliphatic carbocycles. The van der Waals surface area contributed by atoms with E-state index < -0.39 is 10.0 Å². The zero-order chi connectivity index (χ0) is 15.8. The number of benzene rings is 1. The molecule has 8 heteroatoms. The molecule has 1 heterocycles. The number of thiocarbonyl (C=S) groups is 1. The number of nitrogens with zero attached hydrogens (tertiary/aromatic N) is 1. The lowest BCUT2D eigenvalue weighted by Crippen LogP contribution is -2.19. The van der Waals surface area contributed by atoms with E-state index in [1.807, 2.05) is 13.0 Å². The average Bonchev–Trinajstić information content (AvgIpc) is 2.68. The Morgan fingerprint density at radius 3 is 2.52 bits per heavy atom. The summed E-state index contributed by atoms with van der Waals surface area (Å²) < 4.78 is 27.6. The molecule has 1 aromatic carbocycles. The minimum absolute atomic E-state index is 0.137. The highest BCUT2D eigenvalue weighted by atomic mass is 32.2. The summed E-state index contributed by atoms with van der Waals surface area (Å²) >= 11 is 5.00. The molecule has 0 atom stereocenters. The minimum Gasteiger partial charge on any atom is -0.389 e. The fraction of sp³-hybridized carbons (Fsp3) is 0.231. The molecule has 2 aromatic rings. The van der Waals surface area contributed by atoms with Crippen molar-refractivity contribution in [1.29, 1.82) is 0 Å². The quantitative estimate of drug-likeness (QED) is 0.744. The maximum atomic E-state index is 12.5. The van der Waals surface area contributed by atoms with E-state index in [1.165, 1.54) is 0 Å². The van der Waals surface area contributed by atoms with Gasteiger partial charge in [-0.3, -0.25) is 9.82 Å². The Morgan fingerprint density at radius 2 is 2.00 bits per heavy atom. The number of H-pyrrole nitrogens is 1. The van der Waals surface area contributed by atoms with Gasteiger partial charge in [0.25, 0.3) is 10.0 Å². The van der Waals surface area contributed by atoms with Crippen LogP contribution in [-0.4, -0.2) is 23.6 Å². The van der Waals surface area contributed by atoms with Gasteiger partial charge in [-0.25, -0.2) is 8.42 Å². The van der Waals surface area contributed by atoms with Gasteiger partial charge in [0.15, 0.2) is 0 Å². The van der Waals surface area contributed by atoms with E-state index in [2.05, 4.69) is 14.9 Å². The van der Waals surface area contributed by atoms with Gasteiger partial charge in [0.1, 0.15) is 9.88 Å². The van der Waals surface area contributed by atoms with Crippen LogP contribution in [-0.2, 0) is 10.0 Å². The zero-order valence-electron chi connectivity index (χ0n) is 11.9. The van der Waals surface area contributed by atoms with E-state index in [0.717, 1.165) is 5.56 Å². The van der Waals surface area contributed by atoms with E-state index in [0.29, 0.717) is 22.6 Å². The van der Waals surface area contributed by atoms with Gasteiger partial charge in [-0.15, -0.1) is 0 Å². The summed E-state index contributed by atoms with van der Waals surface area (Å²) in [7, 11) is -3.76. The molecule has 0 amide bonds. The molecule has 6 nitrogen and oxygen atoms in total. The summed E-state index contributed by atoms with van der Waals surface area (Å²) in [5, 5.41) is 6.56. The first-order valence-electron chi connectivity index (χ1n) is 6.18. The van der Waals surface area contributed by atoms with Crippen LogP contribution < -0.4 is 10.5 Å². The SMILES string of the molecule is Cc1cccc(NS(=O)(=O)c2c(C)n[nH]c2C)c1C(N)=S. The Labute approximate surface area is 128 Å². The fourth-order valence-electron chi connectivity index (χ4n) is 2.21. The summed E-state index contributed by atoms with van der Waals surface area (Å²) in [6.45, 7) is 5.10. The van der Waals surface area contributed by atoms with Gasteiger partial charge >= 0.3 is 0 Å². The predicted molar refractivity (Wildman–Crippen MR) is 85.9 cm³/mol. The van der Waals surface area contributed by atoms with Crippen molar-refractivity contribution in [2.75, 3.05) is 4.72 Å². The van der Waals surface area contributed by atoms with E-state index >= 15 is 0 Å². The van der Waals surface area contributed by atoms with Crippen molar-refractivity contribution in [2.24, 2.45) is 5.73 Å². The van der Waals surface area contributed by atoms with Crippen molar-refractivity contribution in [2.45, 2.75) is 25.7 Å². The molecule has 0 unspecified atom stereocenters. The number of aromatic amines is 1. The number of aryl methyl sites for hydroxylation is 3. The van der Waals surface area contributed by atoms with Crippen molar-refractivity contribution >= 4 is 32.9 Å². The van der Waals surface area contributed by atoms with Crippen LogP contribution in [0.5, 0.6) is 0 Å². The second-order valence-electron chi connectivity index (χ2n) is 4.73. The normalized spacial score (nSPS) is 11.4. The first-order chi connectivity index (χ1) is 9.74. The van der Waals surface area contributed by atoms with Crippen LogP contribution in [0.15, 0.2) is 23.1 Å². The Morgan fingerprint density at radius 1 is 1.33 bits per heavy atom. The van der Waals surface area contributed by atoms with Crippen molar-refractivity contribution in [1.82, 2.24) is 10.2 Å². The van der Waals surface area contributed by atoms with Crippen LogP contribution >= 0.6 is 12.2 Å². The Hall–Kier alpha value is -1.93. The van der Waals surface area contributed by atoms with Crippen molar-refractivity contribution in [3.63, 3.8) is 0 Å². The zero-order valence-corrected chi connectivity index (χ0v) is 13.5. The number of hydrogen-bond donors (Lipinski definition) is 3. The molecule has 4 N–H and O–H groups in total. The first kappa shape index (κ1) is 15.5. The highest BCUT2D eigenvalue weighted by Gasteiger charge is 2.23. The second-order valence-corrected chi connectivity index (χ2v) is 6.79. The summed E-state index contributed by atoms with van der Waals surface area (Å²) in [4.78, 5) is 0.282. The Balaban J connectivity index is 2.53. The van der Waals surface area contributed by atoms with Gasteiger partial charge in [-0.05, 0) is 32.4 Å². The topological polar surface area (TPSA) is 101 Å². The Bertz CT molecular complexity index is 790. The number of hydrogen-bond acceptors (Lipinski definition) is 4. The minimum atomic E-state index is -3.76. The van der Waals surface area contributed by atoms with Crippen LogP contribution in [0.2, 0.25) is 0 Å². The molecule has 0 radical (unpaired) electrons. The summed E-state index contributed by atoms with van der Waals surface area (Å²) in [6.07, 6.45) is 0. The summed E-state index contributed by atoms with van der Waals surface area (Å²) in [5.74, 6) is 0. The van der Waals surface area contributed by atoms with Gasteiger partial charge in [0, 0.05) is 5.56 Å². The van der Waals surface area contributed by atoms with E-state index in [1.54, 1.807) is 26.0 Å². The molecule has 0 fully saturated rings. The maximum Gasteiger partial charge on any atom is 0.265 e. The molecule has 0 aliphatic heterocycles. The molecule has 0 saturated carbocycles. The van der Waals surface area contributed by atoms with Crippen molar-refractivity contribution in [3.05, 3.63) is 40.7 Å². The molecule has 1 aromatic heterocycles. The molecular weight excluding hydrogens is 308 g/mol. The number of aromatic nitrogens is 2. The largest absolute Gasteiger partial charge is 0.389 e. The number of anilines is 1. The fourth-order valence-corrected chi connectivity index (χ4v) is 3.93. The van der Waals surface area contributed by atoms with Crippen molar-refractivity contribution < 1.29 is 8.42 Å². The van der Waals surface area contributed by atoms with Crippen LogP contribution in [0.4, 0.5) is 5.69 Å². The second kappa shape index (κ2) is 5.45. The van der Waals surface area contributed by atoms with Crippen LogP contribution in [0, 0.1) is 20.8 Å². The summed E-state index contributed by atoms with van der Waals surface area (Å²) in [6, 6.07) is 5.19. The van der Waals surface area contributed by atoms with Crippen molar-refractivity contribution in [3.8, 4) is 0 Å². The lowest BCUT2D eigenvalue weighted by atomic mass is 10.1. The Kier molecular flexibility index (Phi) is 4.02. The van der Waals surface area contributed by atoms with Crippen LogP contribution in [0.1, 0.15) is 22.5 Å². The molecule has 21 heavy (non-hydrogen) atoms. The van der Waals surface area contributed by atoms with Gasteiger partial charge < -0.3 is 5.73 Å². The lowest BCUT2D eigenvalue weighted by molar-refractivity contribution is 0.600. The molecular formula is C13H16N4O2S2. The monoisotopic (exact) mass is 324 g/mol. The van der Waals surface area contributed by atoms with Gasteiger partial charge in [-0.1, -0.05) is 24.4 Å². The lowest BCUT2D eigenvalue weighted by Gasteiger charge is -2.14.